The van der Waals surface area contributed by atoms with Crippen LogP contribution in [0.1, 0.15) is 37.0 Å². The van der Waals surface area contributed by atoms with E-state index < -0.39 is 23.2 Å². The number of carbonyl (C=O) groups is 2. The Morgan fingerprint density at radius 2 is 1.95 bits per heavy atom. The largest absolute Gasteiger partial charge is 0.480 e. The van der Waals surface area contributed by atoms with E-state index >= 15 is 0 Å². The van der Waals surface area contributed by atoms with Gasteiger partial charge < -0.3 is 10.4 Å². The Morgan fingerprint density at radius 3 is 2.37 bits per heavy atom. The molecule has 0 aromatic heterocycles. The molecular weight excluding hydrogens is 273 g/mol. The zero-order valence-corrected chi connectivity index (χ0v) is 11.4. The summed E-state index contributed by atoms with van der Waals surface area (Å²) in [5.41, 5.74) is -1.75. The van der Waals surface area contributed by atoms with Crippen molar-refractivity contribution in [2.45, 2.75) is 32.2 Å². The fourth-order valence-corrected chi connectivity index (χ4v) is 2.03. The summed E-state index contributed by atoms with van der Waals surface area (Å²) in [4.78, 5) is 23.3. The third-order valence-corrected chi connectivity index (χ3v) is 3.47. The van der Waals surface area contributed by atoms with Crippen molar-refractivity contribution in [3.8, 4) is 0 Å². The molecule has 0 spiro atoms. The average molecular weight is 288 g/mol. The molecule has 0 saturated heterocycles. The molecule has 0 bridgehead atoms. The number of rotatable bonds is 5. The number of carboxylic acids is 1. The van der Waals surface area contributed by atoms with Crippen LogP contribution in [0.5, 0.6) is 0 Å². The smallest absolute Gasteiger partial charge is 0.329 e. The van der Waals surface area contributed by atoms with Gasteiger partial charge >= 0.3 is 5.97 Å². The molecule has 0 fully saturated rings. The van der Waals surface area contributed by atoms with Crippen molar-refractivity contribution in [1.29, 1.82) is 0 Å². The van der Waals surface area contributed by atoms with E-state index in [1.54, 1.807) is 13.8 Å². The number of halogens is 2. The number of hydrogen-bond acceptors (Lipinski definition) is 2. The number of amides is 1. The number of benzene rings is 1. The minimum atomic E-state index is -1.41. The number of carboxylic acid groups (broad SMARTS) is 1. The fraction of sp³-hybridized carbons (Fsp3) is 0.385. The van der Waals surface area contributed by atoms with Crippen LogP contribution < -0.4 is 5.32 Å². The van der Waals surface area contributed by atoms with E-state index in [4.69, 9.17) is 11.6 Å². The fourth-order valence-electron chi connectivity index (χ4n) is 1.78. The van der Waals surface area contributed by atoms with Gasteiger partial charge in [0.05, 0.1) is 10.6 Å². The van der Waals surface area contributed by atoms with Gasteiger partial charge in [-0.05, 0) is 25.0 Å². The maximum atomic E-state index is 13.6. The van der Waals surface area contributed by atoms with Crippen molar-refractivity contribution in [2.24, 2.45) is 0 Å². The van der Waals surface area contributed by atoms with Crippen molar-refractivity contribution in [3.63, 3.8) is 0 Å². The summed E-state index contributed by atoms with van der Waals surface area (Å²) in [6.07, 6.45) is 0.382. The molecule has 104 valence electrons. The second kappa shape index (κ2) is 6.02. The van der Waals surface area contributed by atoms with Gasteiger partial charge in [0, 0.05) is 0 Å². The van der Waals surface area contributed by atoms with Crippen LogP contribution in [0.3, 0.4) is 0 Å². The summed E-state index contributed by atoms with van der Waals surface area (Å²) in [6.45, 7) is 3.28. The molecule has 0 radical (unpaired) electrons. The maximum Gasteiger partial charge on any atom is 0.329 e. The summed E-state index contributed by atoms with van der Waals surface area (Å²) in [6, 6.07) is 3.85. The Bertz CT molecular complexity index is 480. The van der Waals surface area contributed by atoms with Crippen molar-refractivity contribution in [1.82, 2.24) is 5.32 Å². The Labute approximate surface area is 115 Å². The summed E-state index contributed by atoms with van der Waals surface area (Å²) < 4.78 is 13.6. The Hall–Kier alpha value is -1.62. The molecule has 1 amide bonds. The van der Waals surface area contributed by atoms with Gasteiger partial charge in [-0.1, -0.05) is 31.5 Å². The van der Waals surface area contributed by atoms with E-state index in [9.17, 15) is 19.1 Å². The Morgan fingerprint density at radius 1 is 1.37 bits per heavy atom. The first-order valence-electron chi connectivity index (χ1n) is 5.88. The molecule has 19 heavy (non-hydrogen) atoms. The predicted octanol–water partition coefficient (Wildman–Crippen LogP) is 2.85. The van der Waals surface area contributed by atoms with E-state index in [2.05, 4.69) is 5.32 Å². The quantitative estimate of drug-likeness (QED) is 0.875. The van der Waals surface area contributed by atoms with E-state index in [0.29, 0.717) is 0 Å². The highest BCUT2D eigenvalue weighted by Crippen LogP contribution is 2.22. The molecule has 0 aliphatic carbocycles. The first-order valence-corrected chi connectivity index (χ1v) is 6.25. The second-order valence-electron chi connectivity index (χ2n) is 4.15. The number of carbonyl (C=O) groups excluding carboxylic acids is 1. The predicted molar refractivity (Wildman–Crippen MR) is 69.8 cm³/mol. The molecule has 1 aromatic rings. The van der Waals surface area contributed by atoms with E-state index in [1.165, 1.54) is 12.1 Å². The minimum absolute atomic E-state index is 0.0519. The van der Waals surface area contributed by atoms with Crippen LogP contribution in [-0.4, -0.2) is 22.5 Å². The van der Waals surface area contributed by atoms with Crippen LogP contribution >= 0.6 is 11.6 Å². The molecule has 0 heterocycles. The van der Waals surface area contributed by atoms with Gasteiger partial charge in [-0.15, -0.1) is 0 Å². The monoisotopic (exact) mass is 287 g/mol. The lowest BCUT2D eigenvalue weighted by molar-refractivity contribution is -0.144. The molecule has 2 N–H and O–H groups in total. The summed E-state index contributed by atoms with van der Waals surface area (Å²) >= 11 is 5.77. The van der Waals surface area contributed by atoms with Crippen LogP contribution in [0.25, 0.3) is 0 Å². The lowest BCUT2D eigenvalue weighted by atomic mass is 9.92. The average Bonchev–Trinajstić information content (AvgIpc) is 2.35. The summed E-state index contributed by atoms with van der Waals surface area (Å²) in [7, 11) is 0. The molecule has 0 aliphatic heterocycles. The van der Waals surface area contributed by atoms with Gasteiger partial charge in [-0.25, -0.2) is 9.18 Å². The molecular formula is C13H15ClFNO3. The van der Waals surface area contributed by atoms with Gasteiger partial charge in [-0.3, -0.25) is 4.79 Å². The summed E-state index contributed by atoms with van der Waals surface area (Å²) in [5.74, 6) is -2.76. The summed E-state index contributed by atoms with van der Waals surface area (Å²) in [5, 5.41) is 11.5. The van der Waals surface area contributed by atoms with E-state index in [1.807, 2.05) is 0 Å². The lowest BCUT2D eigenvalue weighted by Crippen LogP contribution is -2.53. The maximum absolute atomic E-state index is 13.6. The zero-order chi connectivity index (χ0) is 14.6. The third-order valence-electron chi connectivity index (χ3n) is 3.16. The molecule has 0 aliphatic rings. The van der Waals surface area contributed by atoms with Crippen molar-refractivity contribution in [2.75, 3.05) is 0 Å². The Kier molecular flexibility index (Phi) is 4.89. The van der Waals surface area contributed by atoms with Crippen LogP contribution in [0.4, 0.5) is 4.39 Å². The minimum Gasteiger partial charge on any atom is -0.480 e. The Balaban J connectivity index is 3.11. The highest BCUT2D eigenvalue weighted by molar-refractivity contribution is 6.33. The number of aliphatic carboxylic acids is 1. The molecule has 6 heteroatoms. The number of hydrogen-bond donors (Lipinski definition) is 2. The highest BCUT2D eigenvalue weighted by atomic mass is 35.5. The molecule has 0 unspecified atom stereocenters. The topological polar surface area (TPSA) is 66.4 Å². The standard InChI is InChI=1S/C13H15ClFNO3/c1-3-13(4-2,12(18)19)16-11(17)10-8(14)6-5-7-9(10)15/h5-7H,3-4H2,1-2H3,(H,16,17)(H,18,19). The third kappa shape index (κ3) is 3.04. The first kappa shape index (κ1) is 15.4. The lowest BCUT2D eigenvalue weighted by Gasteiger charge is -2.28. The van der Waals surface area contributed by atoms with Crippen molar-refractivity contribution < 1.29 is 19.1 Å². The van der Waals surface area contributed by atoms with Crippen LogP contribution in [-0.2, 0) is 4.79 Å². The van der Waals surface area contributed by atoms with Gasteiger partial charge in [0.15, 0.2) is 0 Å². The van der Waals surface area contributed by atoms with Crippen LogP contribution in [0, 0.1) is 5.82 Å². The zero-order valence-electron chi connectivity index (χ0n) is 10.7. The van der Waals surface area contributed by atoms with Gasteiger partial charge in [-0.2, -0.15) is 0 Å². The van der Waals surface area contributed by atoms with E-state index in [0.717, 1.165) is 6.07 Å². The normalized spacial score (nSPS) is 11.2. The number of nitrogens with one attached hydrogen (secondary N) is 1. The van der Waals surface area contributed by atoms with Crippen molar-refractivity contribution in [3.05, 3.63) is 34.6 Å². The second-order valence-corrected chi connectivity index (χ2v) is 4.55. The van der Waals surface area contributed by atoms with Gasteiger partial charge in [0.25, 0.3) is 5.91 Å². The highest BCUT2D eigenvalue weighted by Gasteiger charge is 2.37. The first-order chi connectivity index (χ1) is 8.88. The molecule has 1 aromatic carbocycles. The molecule has 0 atom stereocenters. The molecule has 1 rings (SSSR count). The molecule has 4 nitrogen and oxygen atoms in total. The van der Waals surface area contributed by atoms with Crippen LogP contribution in [0.2, 0.25) is 5.02 Å². The van der Waals surface area contributed by atoms with Gasteiger partial charge in [0.2, 0.25) is 0 Å². The van der Waals surface area contributed by atoms with E-state index in [-0.39, 0.29) is 23.4 Å². The van der Waals surface area contributed by atoms with Crippen LogP contribution in [0.15, 0.2) is 18.2 Å². The molecule has 0 saturated carbocycles. The SMILES string of the molecule is CCC(CC)(NC(=O)c1c(F)cccc1Cl)C(=O)O. The van der Waals surface area contributed by atoms with Crippen molar-refractivity contribution >= 4 is 23.5 Å². The van der Waals surface area contributed by atoms with Gasteiger partial charge in [0.1, 0.15) is 11.4 Å².